The second kappa shape index (κ2) is 14.4. The number of benzene rings is 10. The van der Waals surface area contributed by atoms with Gasteiger partial charge < -0.3 is 9.80 Å². The van der Waals surface area contributed by atoms with Crippen LogP contribution in [-0.4, -0.2) is 0 Å². The number of hydrogen-bond acceptors (Lipinski definition) is 2. The van der Waals surface area contributed by atoms with Gasteiger partial charge in [0.05, 0.1) is 16.8 Å². The van der Waals surface area contributed by atoms with Crippen LogP contribution in [0.1, 0.15) is 72.2 Å². The molecule has 4 aliphatic rings. The predicted octanol–water partition coefficient (Wildman–Crippen LogP) is 17.6. The third-order valence-corrected chi connectivity index (χ3v) is 16.3. The Bertz CT molecular complexity index is 3500. The van der Waals surface area contributed by atoms with Crippen molar-refractivity contribution in [2.75, 3.05) is 9.80 Å². The lowest BCUT2D eigenvalue weighted by Gasteiger charge is -2.32. The molecule has 2 nitrogen and oxygen atoms in total. The van der Waals surface area contributed by atoms with Gasteiger partial charge in [0.25, 0.3) is 0 Å². The van der Waals surface area contributed by atoms with Crippen molar-refractivity contribution >= 4 is 34.1 Å². The summed E-state index contributed by atoms with van der Waals surface area (Å²) in [6.45, 7) is 9.49. The van der Waals surface area contributed by atoms with Crippen molar-refractivity contribution < 1.29 is 0 Å². The fourth-order valence-electron chi connectivity index (χ4n) is 13.3. The topological polar surface area (TPSA) is 6.48 Å². The van der Waals surface area contributed by atoms with Crippen LogP contribution >= 0.6 is 0 Å². The van der Waals surface area contributed by atoms with Gasteiger partial charge in [-0.1, -0.05) is 198 Å². The highest BCUT2D eigenvalue weighted by atomic mass is 15.2. The lowest BCUT2D eigenvalue weighted by Crippen LogP contribution is -2.26. The van der Waals surface area contributed by atoms with Crippen molar-refractivity contribution in [2.45, 2.75) is 43.9 Å². The van der Waals surface area contributed by atoms with E-state index in [2.05, 4.69) is 268 Å². The molecule has 0 bridgehead atoms. The Hall–Kier alpha value is -8.20. The summed E-state index contributed by atoms with van der Waals surface area (Å²) in [5.74, 6) is 0. The van der Waals surface area contributed by atoms with Gasteiger partial charge in [0.2, 0.25) is 0 Å². The van der Waals surface area contributed by atoms with Crippen LogP contribution in [0.2, 0.25) is 0 Å². The molecule has 0 heterocycles. The second-order valence-corrected chi connectivity index (χ2v) is 20.4. The molecule has 2 heteroatoms. The summed E-state index contributed by atoms with van der Waals surface area (Å²) in [5.41, 5.74) is 27.2. The molecule has 0 aliphatic heterocycles. The maximum atomic E-state index is 2.51. The summed E-state index contributed by atoms with van der Waals surface area (Å²) in [6, 6.07) is 86.7. The number of fused-ring (bicyclic) bond motifs is 16. The summed E-state index contributed by atoms with van der Waals surface area (Å²) in [5, 5.41) is 0. The quantitative estimate of drug-likeness (QED) is 0.164. The first-order valence-corrected chi connectivity index (χ1v) is 24.4. The summed E-state index contributed by atoms with van der Waals surface area (Å²) < 4.78 is 0. The van der Waals surface area contributed by atoms with E-state index in [1.807, 2.05) is 0 Å². The van der Waals surface area contributed by atoms with Crippen molar-refractivity contribution in [3.05, 3.63) is 275 Å². The molecule has 328 valence electrons. The van der Waals surface area contributed by atoms with Gasteiger partial charge in [0.1, 0.15) is 0 Å². The second-order valence-electron chi connectivity index (χ2n) is 20.4. The Morgan fingerprint density at radius 2 is 0.580 bits per heavy atom. The average Bonchev–Trinajstić information content (AvgIpc) is 4.02. The molecule has 0 fully saturated rings. The number of nitrogens with zero attached hydrogens (tertiary/aromatic N) is 2. The van der Waals surface area contributed by atoms with E-state index in [0.29, 0.717) is 0 Å². The van der Waals surface area contributed by atoms with Gasteiger partial charge in [0, 0.05) is 44.7 Å². The zero-order valence-corrected chi connectivity index (χ0v) is 39.3. The number of hydrogen-bond donors (Lipinski definition) is 0. The van der Waals surface area contributed by atoms with Gasteiger partial charge >= 0.3 is 0 Å². The maximum absolute atomic E-state index is 2.51. The molecule has 0 saturated heterocycles. The average molecular weight is 883 g/mol. The lowest BCUT2D eigenvalue weighted by atomic mass is 9.70. The largest absolute Gasteiger partial charge is 0.310 e. The van der Waals surface area contributed by atoms with Gasteiger partial charge in [0.15, 0.2) is 0 Å². The van der Waals surface area contributed by atoms with E-state index in [1.54, 1.807) is 0 Å². The smallest absolute Gasteiger partial charge is 0.0725 e. The van der Waals surface area contributed by atoms with Crippen LogP contribution in [0.3, 0.4) is 0 Å². The highest BCUT2D eigenvalue weighted by Gasteiger charge is 2.52. The third-order valence-electron chi connectivity index (χ3n) is 16.3. The Balaban J connectivity index is 1.05. The first kappa shape index (κ1) is 39.9. The van der Waals surface area contributed by atoms with Crippen molar-refractivity contribution in [1.82, 2.24) is 0 Å². The zero-order chi connectivity index (χ0) is 46.2. The summed E-state index contributed by atoms with van der Waals surface area (Å²) in [6.07, 6.45) is 0. The monoisotopic (exact) mass is 882 g/mol. The van der Waals surface area contributed by atoms with E-state index >= 15 is 0 Å². The molecular weight excluding hydrogens is 833 g/mol. The molecule has 4 aliphatic carbocycles. The van der Waals surface area contributed by atoms with Crippen LogP contribution in [0.5, 0.6) is 0 Å². The molecule has 10 aromatic carbocycles. The predicted molar refractivity (Wildman–Crippen MR) is 287 cm³/mol. The molecule has 10 aromatic rings. The van der Waals surface area contributed by atoms with Gasteiger partial charge in [-0.05, 0) is 139 Å². The molecule has 1 spiro atoms. The van der Waals surface area contributed by atoms with Crippen molar-refractivity contribution in [3.8, 4) is 44.5 Å². The highest BCUT2D eigenvalue weighted by Crippen LogP contribution is 2.65. The van der Waals surface area contributed by atoms with Gasteiger partial charge in [-0.15, -0.1) is 0 Å². The molecule has 0 aromatic heterocycles. The summed E-state index contributed by atoms with van der Waals surface area (Å²) >= 11 is 0. The molecular formula is C67H50N2. The Kier molecular flexibility index (Phi) is 8.33. The van der Waals surface area contributed by atoms with E-state index in [9.17, 15) is 0 Å². The summed E-state index contributed by atoms with van der Waals surface area (Å²) in [7, 11) is 0. The maximum Gasteiger partial charge on any atom is 0.0725 e. The molecule has 14 rings (SSSR count). The van der Waals surface area contributed by atoms with Gasteiger partial charge in [-0.2, -0.15) is 0 Å². The van der Waals surface area contributed by atoms with Crippen LogP contribution < -0.4 is 9.80 Å². The van der Waals surface area contributed by atoms with Crippen LogP contribution in [0.4, 0.5) is 34.1 Å². The molecule has 0 amide bonds. The van der Waals surface area contributed by atoms with Gasteiger partial charge in [-0.25, -0.2) is 0 Å². The van der Waals surface area contributed by atoms with Crippen LogP contribution in [-0.2, 0) is 16.2 Å². The lowest BCUT2D eigenvalue weighted by molar-refractivity contribution is 0.660. The minimum atomic E-state index is -0.502. The fourth-order valence-corrected chi connectivity index (χ4v) is 13.3. The normalized spacial score (nSPS) is 15.0. The molecule has 0 N–H and O–H groups in total. The third kappa shape index (κ3) is 5.32. The minimum Gasteiger partial charge on any atom is -0.310 e. The first-order valence-electron chi connectivity index (χ1n) is 24.4. The number of rotatable bonds is 6. The molecule has 69 heavy (non-hydrogen) atoms. The van der Waals surface area contributed by atoms with Crippen molar-refractivity contribution in [2.24, 2.45) is 0 Å². The first-order chi connectivity index (χ1) is 33.8. The highest BCUT2D eigenvalue weighted by molar-refractivity contribution is 6.01. The van der Waals surface area contributed by atoms with Crippen LogP contribution in [0.25, 0.3) is 44.5 Å². The van der Waals surface area contributed by atoms with Crippen LogP contribution in [0, 0.1) is 0 Å². The molecule has 0 radical (unpaired) electrons. The number of para-hydroxylation sites is 2. The zero-order valence-electron chi connectivity index (χ0n) is 39.3. The van der Waals surface area contributed by atoms with Crippen molar-refractivity contribution in [1.29, 1.82) is 0 Å². The molecule has 0 saturated carbocycles. The van der Waals surface area contributed by atoms with E-state index in [0.717, 1.165) is 22.7 Å². The minimum absolute atomic E-state index is 0.130. The van der Waals surface area contributed by atoms with Crippen molar-refractivity contribution in [3.63, 3.8) is 0 Å². The Labute approximate surface area is 405 Å². The molecule has 0 unspecified atom stereocenters. The number of anilines is 6. The SMILES string of the molecule is CC1(C)c2ccccc2-c2c(N(c3ccccc3)c3ccc4c(c3)-c3cc(N(c5ccccc5)c5cccc6c5-c5ccccc5C6(C)C)ccc3C43c4ccccc4-c4ccccc43)cccc21. The van der Waals surface area contributed by atoms with E-state index in [1.165, 1.54) is 100 Å². The van der Waals surface area contributed by atoms with Gasteiger partial charge in [-0.3, -0.25) is 0 Å². The Morgan fingerprint density at radius 3 is 1.00 bits per heavy atom. The van der Waals surface area contributed by atoms with E-state index < -0.39 is 5.41 Å². The fraction of sp³-hybridized carbons (Fsp3) is 0.104. The summed E-state index contributed by atoms with van der Waals surface area (Å²) in [4.78, 5) is 5.01. The van der Waals surface area contributed by atoms with E-state index in [4.69, 9.17) is 0 Å². The molecule has 0 atom stereocenters. The van der Waals surface area contributed by atoms with Crippen LogP contribution in [0.15, 0.2) is 231 Å². The standard InChI is InChI=1S/C67H50N2/c1-65(2)53-29-15-13-27-49(53)63-59(65)33-19-35-61(63)68(43-21-7-5-8-22-43)45-37-39-57-51(41-45)52-42-46(38-40-58(52)67(57)55-31-17-11-25-47(55)48-26-12-18-32-56(48)67)69(44-23-9-6-10-24-44)62-36-20-34-60-64(62)50-28-14-16-30-54(50)66(60,3)4/h5-42H,1-4H3. The van der Waals surface area contributed by atoms with E-state index in [-0.39, 0.29) is 10.8 Å². The Morgan fingerprint density at radius 1 is 0.246 bits per heavy atom.